The molecule has 0 spiro atoms. The third kappa shape index (κ3) is 3.69. The van der Waals surface area contributed by atoms with Crippen molar-refractivity contribution in [3.63, 3.8) is 0 Å². The van der Waals surface area contributed by atoms with E-state index >= 15 is 0 Å². The molecule has 80 valence electrons. The molecule has 0 rings (SSSR count). The van der Waals surface area contributed by atoms with Gasteiger partial charge in [-0.1, -0.05) is 13.3 Å². The van der Waals surface area contributed by atoms with Crippen LogP contribution in [-0.2, 0) is 10.1 Å². The number of alkyl halides is 4. The Morgan fingerprint density at radius 3 is 1.79 bits per heavy atom. The van der Waals surface area contributed by atoms with Crippen molar-refractivity contribution in [3.05, 3.63) is 0 Å². The molecular weight excluding hydrogens is 255 g/mol. The second-order valence-electron chi connectivity index (χ2n) is 2.43. The fraction of sp³-hybridized carbons (Fsp3) is 1.00. The van der Waals surface area contributed by atoms with Crippen LogP contribution < -0.4 is 51.4 Å². The van der Waals surface area contributed by atoms with E-state index in [-0.39, 0.29) is 57.8 Å². The quantitative estimate of drug-likeness (QED) is 0.354. The predicted octanol–water partition coefficient (Wildman–Crippen LogP) is -1.44. The van der Waals surface area contributed by atoms with Crippen molar-refractivity contribution in [1.82, 2.24) is 0 Å². The fourth-order valence-corrected chi connectivity index (χ4v) is 1.11. The number of rotatable bonds is 4. The minimum Gasteiger partial charge on any atom is -0.743 e. The van der Waals surface area contributed by atoms with E-state index in [1.165, 1.54) is 6.92 Å². The van der Waals surface area contributed by atoms with E-state index in [0.29, 0.717) is 0 Å². The molecule has 0 saturated carbocycles. The van der Waals surface area contributed by atoms with Crippen molar-refractivity contribution in [2.24, 2.45) is 0 Å². The first-order valence-corrected chi connectivity index (χ1v) is 4.68. The topological polar surface area (TPSA) is 57.2 Å². The molecule has 0 aliphatic carbocycles. The van der Waals surface area contributed by atoms with Gasteiger partial charge in [0.2, 0.25) is 0 Å². The van der Waals surface area contributed by atoms with Crippen molar-refractivity contribution >= 4 is 10.1 Å². The molecule has 0 aliphatic heterocycles. The van der Waals surface area contributed by atoms with Crippen LogP contribution in [0.5, 0.6) is 0 Å². The zero-order valence-corrected chi connectivity index (χ0v) is 11.5. The molecule has 3 nitrogen and oxygen atoms in total. The van der Waals surface area contributed by atoms with Gasteiger partial charge < -0.3 is 4.55 Å². The van der Waals surface area contributed by atoms with E-state index in [1.54, 1.807) is 0 Å². The van der Waals surface area contributed by atoms with Gasteiger partial charge >= 0.3 is 62.6 Å². The van der Waals surface area contributed by atoms with Crippen LogP contribution in [0.15, 0.2) is 0 Å². The molecule has 14 heavy (non-hydrogen) atoms. The first-order valence-electron chi connectivity index (χ1n) is 3.27. The Morgan fingerprint density at radius 2 is 1.57 bits per heavy atom. The predicted molar refractivity (Wildman–Crippen MR) is 34.5 cm³/mol. The molecule has 0 amide bonds. The van der Waals surface area contributed by atoms with Gasteiger partial charge in [-0.3, -0.25) is 0 Å². The average molecular weight is 262 g/mol. The van der Waals surface area contributed by atoms with Crippen LogP contribution in [0.25, 0.3) is 0 Å². The Hall–Kier alpha value is 1.27. The summed E-state index contributed by atoms with van der Waals surface area (Å²) in [4.78, 5) is 0. The van der Waals surface area contributed by atoms with E-state index < -0.39 is 27.7 Å². The summed E-state index contributed by atoms with van der Waals surface area (Å²) in [5.74, 6) is -4.80. The number of hydrogen-bond donors (Lipinski definition) is 0. The number of halogens is 4. The Balaban J connectivity index is 0. The van der Waals surface area contributed by atoms with Crippen LogP contribution in [0.3, 0.4) is 0 Å². The van der Waals surface area contributed by atoms with Crippen molar-refractivity contribution < 1.29 is 81.9 Å². The summed E-state index contributed by atoms with van der Waals surface area (Å²) in [6.07, 6.45) is -1.69. The molecule has 0 bridgehead atoms. The maximum Gasteiger partial charge on any atom is 1.00 e. The Kier molecular flexibility index (Phi) is 7.00. The molecule has 0 aromatic carbocycles. The Labute approximate surface area is 121 Å². The van der Waals surface area contributed by atoms with E-state index in [0.717, 1.165) is 0 Å². The Morgan fingerprint density at radius 1 is 1.21 bits per heavy atom. The SMILES string of the molecule is CCCC(F)(F)C(F)(F)S(=O)(=O)[O-].[K+]. The van der Waals surface area contributed by atoms with Crippen LogP contribution in [0, 0.1) is 0 Å². The first-order chi connectivity index (χ1) is 5.56. The third-order valence-electron chi connectivity index (χ3n) is 1.30. The largest absolute Gasteiger partial charge is 1.00 e. The second kappa shape index (κ2) is 5.55. The van der Waals surface area contributed by atoms with Gasteiger partial charge in [-0.15, -0.1) is 0 Å². The van der Waals surface area contributed by atoms with Gasteiger partial charge in [-0.05, 0) is 0 Å². The van der Waals surface area contributed by atoms with Crippen LogP contribution in [0.4, 0.5) is 17.6 Å². The monoisotopic (exact) mass is 262 g/mol. The molecule has 0 fully saturated rings. The molecule has 0 unspecified atom stereocenters. The van der Waals surface area contributed by atoms with E-state index in [2.05, 4.69) is 0 Å². The first kappa shape index (κ1) is 17.7. The van der Waals surface area contributed by atoms with E-state index in [1.807, 2.05) is 0 Å². The van der Waals surface area contributed by atoms with Gasteiger partial charge in [0.1, 0.15) is 0 Å². The van der Waals surface area contributed by atoms with Crippen LogP contribution in [0.2, 0.25) is 0 Å². The molecule has 0 heterocycles. The van der Waals surface area contributed by atoms with Crippen molar-refractivity contribution in [2.75, 3.05) is 0 Å². The van der Waals surface area contributed by atoms with Crippen molar-refractivity contribution in [3.8, 4) is 0 Å². The summed E-state index contributed by atoms with van der Waals surface area (Å²) < 4.78 is 78.6. The summed E-state index contributed by atoms with van der Waals surface area (Å²) in [5, 5.41) is -5.53. The minimum absolute atomic E-state index is 0. The maximum absolute atomic E-state index is 12.4. The second-order valence-corrected chi connectivity index (χ2v) is 3.85. The average Bonchev–Trinajstić information content (AvgIpc) is 1.84. The van der Waals surface area contributed by atoms with Gasteiger partial charge in [0.15, 0.2) is 10.1 Å². The smallest absolute Gasteiger partial charge is 0.743 e. The van der Waals surface area contributed by atoms with Gasteiger partial charge in [-0.25, -0.2) is 8.42 Å². The van der Waals surface area contributed by atoms with Crippen LogP contribution >= 0.6 is 0 Å². The van der Waals surface area contributed by atoms with Gasteiger partial charge in [0.05, 0.1) is 0 Å². The summed E-state index contributed by atoms with van der Waals surface area (Å²) >= 11 is 0. The molecule has 0 aromatic heterocycles. The standard InChI is InChI=1S/C5H8F4O3S.K/c1-2-3-4(6,7)5(8,9)13(10,11)12;/h2-3H2,1H3,(H,10,11,12);/q;+1/p-1. The van der Waals surface area contributed by atoms with Crippen LogP contribution in [-0.4, -0.2) is 24.1 Å². The molecule has 0 saturated heterocycles. The molecule has 0 aliphatic rings. The molecule has 0 atom stereocenters. The van der Waals surface area contributed by atoms with Crippen molar-refractivity contribution in [1.29, 1.82) is 0 Å². The van der Waals surface area contributed by atoms with Crippen molar-refractivity contribution in [2.45, 2.75) is 30.9 Å². The molecule has 9 heteroatoms. The molecular formula is C5H7F4KO3S. The molecule has 0 aromatic rings. The zero-order chi connectivity index (χ0) is 10.9. The summed E-state index contributed by atoms with van der Waals surface area (Å²) in [7, 11) is -6.32. The van der Waals surface area contributed by atoms with E-state index in [4.69, 9.17) is 0 Å². The maximum atomic E-state index is 12.4. The fourth-order valence-electron chi connectivity index (χ4n) is 0.642. The van der Waals surface area contributed by atoms with Crippen LogP contribution in [0.1, 0.15) is 19.8 Å². The number of hydrogen-bond acceptors (Lipinski definition) is 3. The molecule has 0 radical (unpaired) electrons. The van der Waals surface area contributed by atoms with E-state index in [9.17, 15) is 30.5 Å². The van der Waals surface area contributed by atoms with Gasteiger partial charge in [0.25, 0.3) is 0 Å². The Bertz CT molecular complexity index is 277. The zero-order valence-electron chi connectivity index (χ0n) is 7.56. The van der Waals surface area contributed by atoms with Gasteiger partial charge in [0, 0.05) is 6.42 Å². The van der Waals surface area contributed by atoms with Gasteiger partial charge in [-0.2, -0.15) is 17.6 Å². The summed E-state index contributed by atoms with van der Waals surface area (Å²) in [6.45, 7) is 1.17. The summed E-state index contributed by atoms with van der Waals surface area (Å²) in [6, 6.07) is 0. The normalized spacial score (nSPS) is 13.6. The molecule has 0 N–H and O–H groups in total. The minimum atomic E-state index is -6.32. The summed E-state index contributed by atoms with van der Waals surface area (Å²) in [5.41, 5.74) is 0. The third-order valence-corrected chi connectivity index (χ3v) is 2.23.